The second-order valence-electron chi connectivity index (χ2n) is 4.57. The van der Waals surface area contributed by atoms with Gasteiger partial charge in [0.2, 0.25) is 10.0 Å². The lowest BCUT2D eigenvalue weighted by molar-refractivity contribution is -0.364. The number of H-pyrrole nitrogens is 1. The molecule has 2 rings (SSSR count). The van der Waals surface area contributed by atoms with Gasteiger partial charge in [0.1, 0.15) is 0 Å². The molecule has 1 N–H and O–H groups in total. The van der Waals surface area contributed by atoms with E-state index in [0.29, 0.717) is 26.2 Å². The van der Waals surface area contributed by atoms with Gasteiger partial charge >= 0.3 is 0 Å². The van der Waals surface area contributed by atoms with Gasteiger partial charge in [-0.1, -0.05) is 6.07 Å². The quantitative estimate of drug-likeness (QED) is 0.632. The van der Waals surface area contributed by atoms with Crippen LogP contribution in [0.1, 0.15) is 6.42 Å². The largest absolute Gasteiger partial charge is 0.550 e. The van der Waals surface area contributed by atoms with Gasteiger partial charge in [-0.25, -0.2) is 13.4 Å². The van der Waals surface area contributed by atoms with Crippen molar-refractivity contribution >= 4 is 21.8 Å². The first-order chi connectivity index (χ1) is 9.49. The number of aromatic amines is 1. The third-order valence-electron chi connectivity index (χ3n) is 3.23. The van der Waals surface area contributed by atoms with Gasteiger partial charge in [0.25, 0.3) is 5.82 Å². The van der Waals surface area contributed by atoms with Gasteiger partial charge in [-0.2, -0.15) is 4.31 Å². The molecule has 1 aromatic heterocycles. The third kappa shape index (κ3) is 3.67. The van der Waals surface area contributed by atoms with Gasteiger partial charge in [-0.3, -0.25) is 4.90 Å². The molecule has 0 saturated carbocycles. The number of anilines is 1. The molecule has 0 atom stereocenters. The van der Waals surface area contributed by atoms with E-state index in [-0.39, 0.29) is 0 Å². The Labute approximate surface area is 117 Å². The van der Waals surface area contributed by atoms with Crippen LogP contribution in [0.2, 0.25) is 0 Å². The summed E-state index contributed by atoms with van der Waals surface area (Å²) in [5.41, 5.74) is 0. The summed E-state index contributed by atoms with van der Waals surface area (Å²) < 4.78 is 25.2. The van der Waals surface area contributed by atoms with Crippen molar-refractivity contribution in [2.75, 3.05) is 36.8 Å². The van der Waals surface area contributed by atoms with E-state index in [4.69, 9.17) is 0 Å². The molecule has 0 aromatic carbocycles. The van der Waals surface area contributed by atoms with E-state index in [2.05, 4.69) is 9.88 Å². The van der Waals surface area contributed by atoms with Crippen molar-refractivity contribution in [2.45, 2.75) is 6.42 Å². The van der Waals surface area contributed by atoms with Crippen LogP contribution in [-0.4, -0.2) is 50.6 Å². The fourth-order valence-corrected chi connectivity index (χ4v) is 3.53. The minimum Gasteiger partial charge on any atom is -0.550 e. The second kappa shape index (κ2) is 6.19. The molecule has 1 fully saturated rings. The van der Waals surface area contributed by atoms with Crippen molar-refractivity contribution in [1.29, 1.82) is 0 Å². The molecule has 1 saturated heterocycles. The average molecular weight is 299 g/mol. The minimum atomic E-state index is -3.51. The summed E-state index contributed by atoms with van der Waals surface area (Å²) in [4.78, 5) is 15.5. The van der Waals surface area contributed by atoms with Crippen molar-refractivity contribution < 1.29 is 23.3 Å². The van der Waals surface area contributed by atoms with Crippen LogP contribution in [-0.2, 0) is 14.8 Å². The lowest BCUT2D eigenvalue weighted by atomic mass is 10.3. The van der Waals surface area contributed by atoms with Crippen molar-refractivity contribution in [3.8, 4) is 0 Å². The highest BCUT2D eigenvalue weighted by molar-refractivity contribution is 7.89. The number of aromatic nitrogens is 1. The molecule has 1 aromatic rings. The highest BCUT2D eigenvalue weighted by Gasteiger charge is 2.30. The summed E-state index contributed by atoms with van der Waals surface area (Å²) in [5, 5.41) is 10.4. The first-order valence-corrected chi connectivity index (χ1v) is 7.99. The van der Waals surface area contributed by atoms with Crippen molar-refractivity contribution in [2.24, 2.45) is 0 Å². The van der Waals surface area contributed by atoms with Crippen LogP contribution in [0, 0.1) is 0 Å². The molecule has 1 aliphatic heterocycles. The van der Waals surface area contributed by atoms with Crippen LogP contribution in [0.4, 0.5) is 5.82 Å². The molecule has 0 amide bonds. The second-order valence-corrected chi connectivity index (χ2v) is 6.66. The van der Waals surface area contributed by atoms with Gasteiger partial charge in [0.15, 0.2) is 0 Å². The zero-order valence-electron chi connectivity index (χ0n) is 11.0. The molecule has 1 aliphatic rings. The summed E-state index contributed by atoms with van der Waals surface area (Å²) in [7, 11) is -3.51. The first kappa shape index (κ1) is 14.7. The Morgan fingerprint density at radius 3 is 2.50 bits per heavy atom. The molecule has 0 aliphatic carbocycles. The molecule has 0 bridgehead atoms. The number of carbonyl (C=O) groups excluding carboxylic acids is 1. The lowest BCUT2D eigenvalue weighted by Crippen LogP contribution is -2.50. The number of carboxylic acid groups (broad SMARTS) is 1. The van der Waals surface area contributed by atoms with Gasteiger partial charge < -0.3 is 9.90 Å². The van der Waals surface area contributed by atoms with Crippen LogP contribution in [0.3, 0.4) is 0 Å². The number of aliphatic carboxylic acids is 1. The molecule has 8 heteroatoms. The van der Waals surface area contributed by atoms with E-state index in [1.807, 2.05) is 24.4 Å². The zero-order valence-corrected chi connectivity index (χ0v) is 11.8. The number of rotatable bonds is 5. The highest BCUT2D eigenvalue weighted by Crippen LogP contribution is 2.13. The normalized spacial score (nSPS) is 17.1. The maximum atomic E-state index is 11.9. The standard InChI is InChI=1S/C12H17N3O4S/c16-12(17)4-10-20(18,19)15-8-6-14(7-9-15)11-3-1-2-5-13-11/h1-3,5H,4,6-10H2,(H,16,17). The summed E-state index contributed by atoms with van der Waals surface area (Å²) in [5.74, 6) is -0.794. The fourth-order valence-electron chi connectivity index (χ4n) is 2.13. The van der Waals surface area contributed by atoms with E-state index in [0.717, 1.165) is 5.82 Å². The molecular weight excluding hydrogens is 282 g/mol. The Kier molecular flexibility index (Phi) is 4.56. The fraction of sp³-hybridized carbons (Fsp3) is 0.500. The van der Waals surface area contributed by atoms with Gasteiger partial charge in [-0.05, 0) is 6.07 Å². The summed E-state index contributed by atoms with van der Waals surface area (Å²) in [6.07, 6.45) is 1.35. The van der Waals surface area contributed by atoms with Gasteiger partial charge in [0.05, 0.1) is 38.1 Å². The smallest absolute Gasteiger partial charge is 0.274 e. The topological polar surface area (TPSA) is 94.9 Å². The number of pyridine rings is 1. The Hall–Kier alpha value is -1.67. The number of nitrogens with one attached hydrogen (secondary N) is 1. The van der Waals surface area contributed by atoms with E-state index in [9.17, 15) is 18.3 Å². The number of hydrogen-bond acceptors (Lipinski definition) is 5. The predicted octanol–water partition coefficient (Wildman–Crippen LogP) is -1.91. The monoisotopic (exact) mass is 299 g/mol. The Morgan fingerprint density at radius 2 is 1.95 bits per heavy atom. The van der Waals surface area contributed by atoms with Crippen LogP contribution >= 0.6 is 0 Å². The number of hydrogen-bond donors (Lipinski definition) is 0. The zero-order chi connectivity index (χ0) is 14.6. The molecule has 110 valence electrons. The summed E-state index contributed by atoms with van der Waals surface area (Å²) in [6, 6.07) is 5.72. The van der Waals surface area contributed by atoms with Crippen LogP contribution in [0.15, 0.2) is 24.4 Å². The minimum absolute atomic E-state index is 0.359. The van der Waals surface area contributed by atoms with E-state index in [1.165, 1.54) is 4.31 Å². The van der Waals surface area contributed by atoms with Crippen molar-refractivity contribution in [3.05, 3.63) is 24.4 Å². The summed E-state index contributed by atoms with van der Waals surface area (Å²) >= 11 is 0. The lowest BCUT2D eigenvalue weighted by Gasteiger charge is -2.30. The maximum absolute atomic E-state index is 11.9. The molecule has 0 unspecified atom stereocenters. The number of carbonyl (C=O) groups is 1. The van der Waals surface area contributed by atoms with Crippen molar-refractivity contribution in [1.82, 2.24) is 4.31 Å². The number of carboxylic acids is 1. The molecular formula is C12H17N3O4S. The SMILES string of the molecule is O=C([O-])CCS(=O)(=O)N1CCN(c2cccc[nH+]2)CC1. The number of sulfonamides is 1. The number of piperazine rings is 1. The van der Waals surface area contributed by atoms with E-state index in [1.54, 1.807) is 0 Å². The Morgan fingerprint density at radius 1 is 1.25 bits per heavy atom. The first-order valence-electron chi connectivity index (χ1n) is 6.38. The van der Waals surface area contributed by atoms with Crippen LogP contribution in [0.25, 0.3) is 0 Å². The molecule has 2 heterocycles. The van der Waals surface area contributed by atoms with E-state index >= 15 is 0 Å². The van der Waals surface area contributed by atoms with E-state index < -0.39 is 28.2 Å². The molecule has 7 nitrogen and oxygen atoms in total. The Balaban J connectivity index is 1.92. The predicted molar refractivity (Wildman–Crippen MR) is 70.2 cm³/mol. The third-order valence-corrected chi connectivity index (χ3v) is 5.10. The molecule has 0 spiro atoms. The Bertz CT molecular complexity index is 553. The highest BCUT2D eigenvalue weighted by atomic mass is 32.2. The average Bonchev–Trinajstić information content (AvgIpc) is 2.46. The van der Waals surface area contributed by atoms with Crippen molar-refractivity contribution in [3.63, 3.8) is 0 Å². The van der Waals surface area contributed by atoms with Gasteiger partial charge in [-0.15, -0.1) is 0 Å². The van der Waals surface area contributed by atoms with Crippen LogP contribution in [0.5, 0.6) is 0 Å². The maximum Gasteiger partial charge on any atom is 0.274 e. The molecule has 20 heavy (non-hydrogen) atoms. The van der Waals surface area contributed by atoms with Crippen LogP contribution < -0.4 is 15.0 Å². The van der Waals surface area contributed by atoms with Gasteiger partial charge in [0, 0.05) is 18.5 Å². The summed E-state index contributed by atoms with van der Waals surface area (Å²) in [6.45, 7) is 1.87. The molecule has 0 radical (unpaired) electrons. The number of nitrogens with zero attached hydrogens (tertiary/aromatic N) is 2.